The number of esters is 2. The lowest BCUT2D eigenvalue weighted by atomic mass is 9.50. The highest BCUT2D eigenvalue weighted by molar-refractivity contribution is 5.93. The van der Waals surface area contributed by atoms with E-state index in [0.717, 1.165) is 36.8 Å². The number of fused-ring (bicyclic) bond motifs is 2. The van der Waals surface area contributed by atoms with E-state index < -0.39 is 12.3 Å². The summed E-state index contributed by atoms with van der Waals surface area (Å²) in [5.41, 5.74) is 1.86. The van der Waals surface area contributed by atoms with Gasteiger partial charge in [0.05, 0.1) is 0 Å². The normalized spacial score (nSPS) is 37.6. The number of cyclic esters (lactones) is 1. The molecule has 4 nitrogen and oxygen atoms in total. The molecule has 21 heavy (non-hydrogen) atoms. The van der Waals surface area contributed by atoms with Gasteiger partial charge in [-0.3, -0.25) is 4.79 Å². The molecule has 3 atom stereocenters. The topological polar surface area (TPSA) is 52.6 Å². The van der Waals surface area contributed by atoms with Gasteiger partial charge in [-0.1, -0.05) is 27.2 Å². The van der Waals surface area contributed by atoms with Crippen molar-refractivity contribution in [2.75, 3.05) is 0 Å². The van der Waals surface area contributed by atoms with E-state index in [2.05, 4.69) is 20.8 Å². The fraction of sp³-hybridized carbons (Fsp3) is 0.765. The van der Waals surface area contributed by atoms with Crippen molar-refractivity contribution in [1.29, 1.82) is 0 Å². The molecule has 0 spiro atoms. The van der Waals surface area contributed by atoms with Crippen molar-refractivity contribution in [2.45, 2.75) is 66.1 Å². The van der Waals surface area contributed by atoms with Gasteiger partial charge in [-0.25, -0.2) is 4.79 Å². The Balaban J connectivity index is 2.04. The minimum absolute atomic E-state index is 0.0956. The van der Waals surface area contributed by atoms with Gasteiger partial charge < -0.3 is 9.47 Å². The van der Waals surface area contributed by atoms with Crippen molar-refractivity contribution < 1.29 is 19.1 Å². The summed E-state index contributed by atoms with van der Waals surface area (Å²) in [5, 5.41) is 0. The second-order valence-corrected chi connectivity index (χ2v) is 7.59. The predicted molar refractivity (Wildman–Crippen MR) is 77.1 cm³/mol. The Kier molecular flexibility index (Phi) is 3.19. The Hall–Kier alpha value is -1.32. The predicted octanol–water partition coefficient (Wildman–Crippen LogP) is 3.36. The molecule has 0 aromatic heterocycles. The molecule has 3 rings (SSSR count). The van der Waals surface area contributed by atoms with E-state index in [9.17, 15) is 9.59 Å². The van der Waals surface area contributed by atoms with Gasteiger partial charge >= 0.3 is 11.9 Å². The molecule has 1 heterocycles. The molecule has 0 aromatic rings. The third-order valence-corrected chi connectivity index (χ3v) is 5.82. The van der Waals surface area contributed by atoms with Crippen LogP contribution in [0.25, 0.3) is 0 Å². The van der Waals surface area contributed by atoms with Crippen molar-refractivity contribution in [3.63, 3.8) is 0 Å². The van der Waals surface area contributed by atoms with Crippen LogP contribution in [0, 0.1) is 16.7 Å². The van der Waals surface area contributed by atoms with E-state index in [-0.39, 0.29) is 16.8 Å². The Labute approximate surface area is 125 Å². The summed E-state index contributed by atoms with van der Waals surface area (Å²) in [6.07, 6.45) is 4.35. The Bertz CT molecular complexity index is 531. The quantitative estimate of drug-likeness (QED) is 0.695. The summed E-state index contributed by atoms with van der Waals surface area (Å²) in [6.45, 7) is 8.23. The van der Waals surface area contributed by atoms with Crippen LogP contribution in [0.2, 0.25) is 0 Å². The van der Waals surface area contributed by atoms with Crippen molar-refractivity contribution in [3.05, 3.63) is 11.1 Å². The average Bonchev–Trinajstić information content (AvgIpc) is 2.65. The number of carbonyl (C=O) groups is 2. The van der Waals surface area contributed by atoms with Crippen LogP contribution in [0.4, 0.5) is 0 Å². The molecule has 116 valence electrons. The zero-order chi connectivity index (χ0) is 15.4. The fourth-order valence-corrected chi connectivity index (χ4v) is 5.01. The second-order valence-electron chi connectivity index (χ2n) is 7.59. The lowest BCUT2D eigenvalue weighted by Gasteiger charge is -2.54. The molecule has 0 bridgehead atoms. The van der Waals surface area contributed by atoms with Gasteiger partial charge in [0.25, 0.3) is 6.29 Å². The first-order chi connectivity index (χ1) is 9.75. The van der Waals surface area contributed by atoms with E-state index in [0.29, 0.717) is 5.92 Å². The van der Waals surface area contributed by atoms with Gasteiger partial charge in [-0.15, -0.1) is 0 Å². The lowest BCUT2D eigenvalue weighted by Crippen LogP contribution is -2.47. The summed E-state index contributed by atoms with van der Waals surface area (Å²) >= 11 is 0. The van der Waals surface area contributed by atoms with Crippen LogP contribution in [-0.4, -0.2) is 18.2 Å². The van der Waals surface area contributed by atoms with Crippen molar-refractivity contribution in [2.24, 2.45) is 16.7 Å². The Morgan fingerprint density at radius 3 is 2.67 bits per heavy atom. The Morgan fingerprint density at radius 2 is 2.00 bits per heavy atom. The lowest BCUT2D eigenvalue weighted by molar-refractivity contribution is -0.174. The second kappa shape index (κ2) is 4.59. The maximum Gasteiger partial charge on any atom is 0.337 e. The largest absolute Gasteiger partial charge is 0.421 e. The number of rotatable bonds is 1. The first-order valence-corrected chi connectivity index (χ1v) is 7.87. The van der Waals surface area contributed by atoms with Crippen molar-refractivity contribution >= 4 is 11.9 Å². The van der Waals surface area contributed by atoms with Crippen LogP contribution in [0.5, 0.6) is 0 Å². The number of hydrogen-bond donors (Lipinski definition) is 0. The van der Waals surface area contributed by atoms with Gasteiger partial charge in [-0.2, -0.15) is 0 Å². The molecule has 0 aromatic carbocycles. The molecule has 3 unspecified atom stereocenters. The van der Waals surface area contributed by atoms with Gasteiger partial charge in [0.2, 0.25) is 0 Å². The zero-order valence-corrected chi connectivity index (χ0v) is 13.3. The zero-order valence-electron chi connectivity index (χ0n) is 13.3. The summed E-state index contributed by atoms with van der Waals surface area (Å²) in [7, 11) is 0. The standard InChI is InChI=1S/C17H24O4/c1-10(18)20-15-13-11(14(19)21-15)6-7-12-16(2,3)8-5-9-17(12,13)4/h12,15H,5-9H2,1-4H3. The monoisotopic (exact) mass is 292 g/mol. The highest BCUT2D eigenvalue weighted by atomic mass is 16.7. The van der Waals surface area contributed by atoms with Crippen LogP contribution in [0.15, 0.2) is 11.1 Å². The smallest absolute Gasteiger partial charge is 0.337 e. The number of hydrogen-bond acceptors (Lipinski definition) is 4. The minimum atomic E-state index is -0.799. The summed E-state index contributed by atoms with van der Waals surface area (Å²) in [4.78, 5) is 23.4. The highest BCUT2D eigenvalue weighted by Crippen LogP contribution is 2.61. The molecule has 1 saturated carbocycles. The maximum atomic E-state index is 12.1. The van der Waals surface area contributed by atoms with Crippen molar-refractivity contribution in [3.8, 4) is 0 Å². The molecule has 0 saturated heterocycles. The third kappa shape index (κ3) is 2.11. The molecule has 0 amide bonds. The molecule has 1 aliphatic heterocycles. The molecule has 0 radical (unpaired) electrons. The van der Waals surface area contributed by atoms with Crippen LogP contribution in [-0.2, 0) is 19.1 Å². The molecule has 0 N–H and O–H groups in total. The van der Waals surface area contributed by atoms with Gasteiger partial charge in [0.1, 0.15) is 0 Å². The van der Waals surface area contributed by atoms with Crippen LogP contribution in [0.1, 0.15) is 59.8 Å². The fourth-order valence-electron chi connectivity index (χ4n) is 5.01. The SMILES string of the molecule is CC(=O)OC1OC(=O)C2=C1C1(C)CCCC(C)(C)C1CC2. The van der Waals surface area contributed by atoms with Crippen molar-refractivity contribution in [1.82, 2.24) is 0 Å². The van der Waals surface area contributed by atoms with E-state index in [1.165, 1.54) is 13.3 Å². The third-order valence-electron chi connectivity index (χ3n) is 5.82. The van der Waals surface area contributed by atoms with Gasteiger partial charge in [0, 0.05) is 18.1 Å². The molecular formula is C17H24O4. The number of ether oxygens (including phenoxy) is 2. The molecular weight excluding hydrogens is 268 g/mol. The van der Waals surface area contributed by atoms with Crippen LogP contribution in [0.3, 0.4) is 0 Å². The van der Waals surface area contributed by atoms with Crippen LogP contribution >= 0.6 is 0 Å². The highest BCUT2D eigenvalue weighted by Gasteiger charge is 2.56. The van der Waals surface area contributed by atoms with E-state index >= 15 is 0 Å². The number of carbonyl (C=O) groups excluding carboxylic acids is 2. The Morgan fingerprint density at radius 1 is 1.29 bits per heavy atom. The first-order valence-electron chi connectivity index (χ1n) is 7.87. The maximum absolute atomic E-state index is 12.1. The first kappa shape index (κ1) is 14.6. The van der Waals surface area contributed by atoms with E-state index in [1.54, 1.807) is 0 Å². The average molecular weight is 292 g/mol. The molecule has 1 fully saturated rings. The van der Waals surface area contributed by atoms with E-state index in [4.69, 9.17) is 9.47 Å². The molecule has 3 aliphatic rings. The van der Waals surface area contributed by atoms with Gasteiger partial charge in [-0.05, 0) is 42.4 Å². The molecule has 4 heteroatoms. The summed E-state index contributed by atoms with van der Waals surface area (Å²) in [6, 6.07) is 0. The molecule has 2 aliphatic carbocycles. The van der Waals surface area contributed by atoms with Gasteiger partial charge in [0.15, 0.2) is 0 Å². The minimum Gasteiger partial charge on any atom is -0.421 e. The summed E-state index contributed by atoms with van der Waals surface area (Å²) in [5.74, 6) is -0.188. The van der Waals surface area contributed by atoms with E-state index in [1.807, 2.05) is 0 Å². The summed E-state index contributed by atoms with van der Waals surface area (Å²) < 4.78 is 10.6. The van der Waals surface area contributed by atoms with Crippen LogP contribution < -0.4 is 0 Å².